The number of hydrogen-bond donors (Lipinski definition) is 1. The third kappa shape index (κ3) is 2.90. The predicted octanol–water partition coefficient (Wildman–Crippen LogP) is 1.93. The van der Waals surface area contributed by atoms with E-state index in [1.165, 1.54) is 6.20 Å². The number of sulfonamides is 1. The molecule has 1 aromatic rings. The van der Waals surface area contributed by atoms with Gasteiger partial charge >= 0.3 is 0 Å². The van der Waals surface area contributed by atoms with Crippen molar-refractivity contribution in [3.05, 3.63) is 18.5 Å². The third-order valence-corrected chi connectivity index (χ3v) is 5.67. The van der Waals surface area contributed by atoms with Gasteiger partial charge in [-0.2, -0.15) is 4.31 Å². The van der Waals surface area contributed by atoms with Gasteiger partial charge in [0, 0.05) is 32.5 Å². The molecule has 1 aliphatic rings. The number of nitrogens with one attached hydrogen (secondary N) is 1. The van der Waals surface area contributed by atoms with Crippen LogP contribution >= 0.6 is 0 Å². The lowest BCUT2D eigenvalue weighted by atomic mass is 9.83. The van der Waals surface area contributed by atoms with Crippen molar-refractivity contribution in [1.29, 1.82) is 0 Å². The summed E-state index contributed by atoms with van der Waals surface area (Å²) in [5, 5.41) is 2.91. The maximum Gasteiger partial charge on any atom is 0.246 e. The van der Waals surface area contributed by atoms with Crippen molar-refractivity contribution in [1.82, 2.24) is 9.29 Å². The molecule has 1 aliphatic heterocycles. The Morgan fingerprint density at radius 1 is 1.32 bits per heavy atom. The minimum absolute atomic E-state index is 0.229. The van der Waals surface area contributed by atoms with Gasteiger partial charge in [0.2, 0.25) is 10.0 Å². The highest BCUT2D eigenvalue weighted by molar-refractivity contribution is 7.89. The molecule has 1 fully saturated rings. The second-order valence-electron chi connectivity index (χ2n) is 5.69. The van der Waals surface area contributed by atoms with Gasteiger partial charge in [0.1, 0.15) is 4.90 Å². The second kappa shape index (κ2) is 5.09. The van der Waals surface area contributed by atoms with Crippen LogP contribution in [0.3, 0.4) is 0 Å². The van der Waals surface area contributed by atoms with Crippen LogP contribution in [-0.4, -0.2) is 37.8 Å². The van der Waals surface area contributed by atoms with Crippen LogP contribution in [0.25, 0.3) is 0 Å². The van der Waals surface area contributed by atoms with Crippen LogP contribution in [0.5, 0.6) is 0 Å². The average molecular weight is 283 g/mol. The highest BCUT2D eigenvalue weighted by atomic mass is 32.2. The molecule has 6 heteroatoms. The van der Waals surface area contributed by atoms with E-state index < -0.39 is 10.0 Å². The van der Waals surface area contributed by atoms with Gasteiger partial charge in [0.05, 0.1) is 5.69 Å². The van der Waals surface area contributed by atoms with Gasteiger partial charge < -0.3 is 5.32 Å². The highest BCUT2D eigenvalue weighted by Crippen LogP contribution is 2.33. The van der Waals surface area contributed by atoms with Gasteiger partial charge in [0.25, 0.3) is 0 Å². The Morgan fingerprint density at radius 2 is 1.95 bits per heavy atom. The van der Waals surface area contributed by atoms with Gasteiger partial charge in [-0.15, -0.1) is 0 Å². The van der Waals surface area contributed by atoms with Crippen LogP contribution in [0.15, 0.2) is 23.4 Å². The summed E-state index contributed by atoms with van der Waals surface area (Å²) >= 11 is 0. The van der Waals surface area contributed by atoms with E-state index >= 15 is 0 Å². The first-order valence-electron chi connectivity index (χ1n) is 6.49. The number of nitrogens with zero attached hydrogens (tertiary/aromatic N) is 2. The number of pyridine rings is 1. The number of hydrogen-bond acceptors (Lipinski definition) is 4. The van der Waals surface area contributed by atoms with Gasteiger partial charge in [-0.25, -0.2) is 8.42 Å². The van der Waals surface area contributed by atoms with E-state index in [-0.39, 0.29) is 10.3 Å². The molecule has 0 saturated carbocycles. The minimum atomic E-state index is -3.45. The van der Waals surface area contributed by atoms with Crippen LogP contribution in [0, 0.1) is 5.41 Å². The lowest BCUT2D eigenvalue weighted by Gasteiger charge is -2.36. The number of aromatic nitrogens is 1. The standard InChI is InChI=1S/C13H21N3O2S/c1-13(2)5-8-16(9-6-13)19(17,18)12-10-15-7-4-11(12)14-3/h4,7,10H,5-6,8-9H2,1-3H3,(H,14,15). The Balaban J connectivity index is 2.28. The van der Waals surface area contributed by atoms with Crippen molar-refractivity contribution in [3.63, 3.8) is 0 Å². The van der Waals surface area contributed by atoms with E-state index in [9.17, 15) is 8.42 Å². The molecule has 2 rings (SSSR count). The Bertz CT molecular complexity index is 545. The van der Waals surface area contributed by atoms with E-state index in [2.05, 4.69) is 24.1 Å². The maximum absolute atomic E-state index is 12.6. The SMILES string of the molecule is CNc1ccncc1S(=O)(=O)N1CCC(C)(C)CC1. The summed E-state index contributed by atoms with van der Waals surface area (Å²) in [5.41, 5.74) is 0.826. The zero-order valence-electron chi connectivity index (χ0n) is 11.7. The maximum atomic E-state index is 12.6. The topological polar surface area (TPSA) is 62.3 Å². The molecule has 0 unspecified atom stereocenters. The summed E-state index contributed by atoms with van der Waals surface area (Å²) in [6.07, 6.45) is 4.79. The summed E-state index contributed by atoms with van der Waals surface area (Å²) in [6.45, 7) is 5.51. The smallest absolute Gasteiger partial charge is 0.246 e. The predicted molar refractivity (Wildman–Crippen MR) is 75.6 cm³/mol. The first kappa shape index (κ1) is 14.3. The fourth-order valence-corrected chi connectivity index (χ4v) is 3.85. The molecule has 1 saturated heterocycles. The first-order chi connectivity index (χ1) is 8.87. The largest absolute Gasteiger partial charge is 0.387 e. The second-order valence-corrected chi connectivity index (χ2v) is 7.60. The first-order valence-corrected chi connectivity index (χ1v) is 7.93. The number of piperidine rings is 1. The molecule has 0 aliphatic carbocycles. The summed E-state index contributed by atoms with van der Waals surface area (Å²) in [5.74, 6) is 0. The number of rotatable bonds is 3. The molecule has 0 atom stereocenters. The van der Waals surface area contributed by atoms with Crippen molar-refractivity contribution >= 4 is 15.7 Å². The molecule has 1 N–H and O–H groups in total. The highest BCUT2D eigenvalue weighted by Gasteiger charge is 2.33. The minimum Gasteiger partial charge on any atom is -0.387 e. The fraction of sp³-hybridized carbons (Fsp3) is 0.615. The van der Waals surface area contributed by atoms with Crippen molar-refractivity contribution in [2.75, 3.05) is 25.5 Å². The molecule has 0 spiro atoms. The van der Waals surface area contributed by atoms with Crippen LogP contribution < -0.4 is 5.32 Å². The fourth-order valence-electron chi connectivity index (χ4n) is 2.26. The zero-order chi connectivity index (χ0) is 14.1. The van der Waals surface area contributed by atoms with Gasteiger partial charge in [-0.05, 0) is 24.3 Å². The summed E-state index contributed by atoms with van der Waals surface area (Å²) < 4.78 is 26.8. The molecular formula is C13H21N3O2S. The van der Waals surface area contributed by atoms with Crippen molar-refractivity contribution in [3.8, 4) is 0 Å². The van der Waals surface area contributed by atoms with E-state index in [4.69, 9.17) is 0 Å². The normalized spacial score (nSPS) is 20.2. The van der Waals surface area contributed by atoms with Gasteiger partial charge in [-0.1, -0.05) is 13.8 Å². The molecule has 5 nitrogen and oxygen atoms in total. The monoisotopic (exact) mass is 283 g/mol. The van der Waals surface area contributed by atoms with Crippen molar-refractivity contribution in [2.24, 2.45) is 5.41 Å². The Hall–Kier alpha value is -1.14. The molecule has 106 valence electrons. The quantitative estimate of drug-likeness (QED) is 0.921. The lowest BCUT2D eigenvalue weighted by Crippen LogP contribution is -2.41. The van der Waals surface area contributed by atoms with Crippen molar-refractivity contribution in [2.45, 2.75) is 31.6 Å². The molecule has 0 bridgehead atoms. The molecule has 0 radical (unpaired) electrons. The Kier molecular flexibility index (Phi) is 3.82. The number of anilines is 1. The Morgan fingerprint density at radius 3 is 2.53 bits per heavy atom. The van der Waals surface area contributed by atoms with Crippen LogP contribution in [0.1, 0.15) is 26.7 Å². The molecular weight excluding hydrogens is 262 g/mol. The van der Waals surface area contributed by atoms with Gasteiger partial charge in [-0.3, -0.25) is 4.98 Å². The van der Waals surface area contributed by atoms with Crippen molar-refractivity contribution < 1.29 is 8.42 Å². The summed E-state index contributed by atoms with van der Waals surface area (Å²) in [6, 6.07) is 1.68. The van der Waals surface area contributed by atoms with E-state index in [0.29, 0.717) is 18.8 Å². The van der Waals surface area contributed by atoms with Crippen LogP contribution in [-0.2, 0) is 10.0 Å². The molecule has 1 aromatic heterocycles. The molecule has 2 heterocycles. The molecule has 0 amide bonds. The third-order valence-electron chi connectivity index (χ3n) is 3.75. The van der Waals surface area contributed by atoms with E-state index in [1.807, 2.05) is 0 Å². The van der Waals surface area contributed by atoms with E-state index in [1.54, 1.807) is 23.6 Å². The van der Waals surface area contributed by atoms with Crippen LogP contribution in [0.4, 0.5) is 5.69 Å². The molecule has 19 heavy (non-hydrogen) atoms. The zero-order valence-corrected chi connectivity index (χ0v) is 12.5. The van der Waals surface area contributed by atoms with Gasteiger partial charge in [0.15, 0.2) is 0 Å². The molecule has 0 aromatic carbocycles. The Labute approximate surface area is 115 Å². The summed E-state index contributed by atoms with van der Waals surface area (Å²) in [7, 11) is -1.73. The average Bonchev–Trinajstić information content (AvgIpc) is 2.38. The summed E-state index contributed by atoms with van der Waals surface area (Å²) in [4.78, 5) is 4.20. The van der Waals surface area contributed by atoms with E-state index in [0.717, 1.165) is 12.8 Å². The van der Waals surface area contributed by atoms with Crippen LogP contribution in [0.2, 0.25) is 0 Å². The lowest BCUT2D eigenvalue weighted by molar-refractivity contribution is 0.196.